The molecule has 0 aliphatic heterocycles. The number of hydrogen-bond acceptors (Lipinski definition) is 1. The molecule has 1 aliphatic rings. The summed E-state index contributed by atoms with van der Waals surface area (Å²) in [5.41, 5.74) is 2.04. The highest BCUT2D eigenvalue weighted by Crippen LogP contribution is 2.52. The molecule has 94 valence electrons. The maximum atomic E-state index is 11.0. The Hall–Kier alpha value is -0.820. The van der Waals surface area contributed by atoms with Crippen molar-refractivity contribution >= 4 is 0 Å². The van der Waals surface area contributed by atoms with E-state index < -0.39 is 5.60 Å². The highest BCUT2D eigenvalue weighted by atomic mass is 16.3. The molecule has 1 N–H and O–H groups in total. The third-order valence-electron chi connectivity index (χ3n) is 4.26. The van der Waals surface area contributed by atoms with E-state index in [1.807, 2.05) is 0 Å². The van der Waals surface area contributed by atoms with Crippen LogP contribution in [-0.4, -0.2) is 5.11 Å². The molecule has 1 fully saturated rings. The van der Waals surface area contributed by atoms with Crippen molar-refractivity contribution in [2.24, 2.45) is 11.3 Å². The van der Waals surface area contributed by atoms with Crippen LogP contribution in [0.25, 0.3) is 0 Å². The van der Waals surface area contributed by atoms with Gasteiger partial charge in [0.15, 0.2) is 0 Å². The second kappa shape index (κ2) is 4.13. The molecule has 1 aromatic carbocycles. The van der Waals surface area contributed by atoms with Gasteiger partial charge >= 0.3 is 0 Å². The molecule has 0 aromatic heterocycles. The monoisotopic (exact) mass is 232 g/mol. The molecule has 2 atom stereocenters. The zero-order chi connectivity index (χ0) is 12.7. The van der Waals surface area contributed by atoms with Gasteiger partial charge in [-0.25, -0.2) is 0 Å². The average Bonchev–Trinajstić information content (AvgIpc) is 2.49. The first kappa shape index (κ1) is 12.6. The zero-order valence-corrected chi connectivity index (χ0v) is 11.5. The molecule has 17 heavy (non-hydrogen) atoms. The van der Waals surface area contributed by atoms with Crippen LogP contribution >= 0.6 is 0 Å². The van der Waals surface area contributed by atoms with Crippen LogP contribution in [0.4, 0.5) is 0 Å². The summed E-state index contributed by atoms with van der Waals surface area (Å²) in [5.74, 6) is 0.338. The molecular formula is C16H24O. The minimum atomic E-state index is -0.630. The Morgan fingerprint density at radius 2 is 2.06 bits per heavy atom. The summed E-state index contributed by atoms with van der Waals surface area (Å²) in [6, 6.07) is 8.47. The fourth-order valence-electron chi connectivity index (χ4n) is 3.42. The van der Waals surface area contributed by atoms with Crippen molar-refractivity contribution in [2.75, 3.05) is 0 Å². The van der Waals surface area contributed by atoms with Gasteiger partial charge < -0.3 is 5.11 Å². The molecule has 0 radical (unpaired) electrons. The van der Waals surface area contributed by atoms with Gasteiger partial charge in [-0.15, -0.1) is 0 Å². The van der Waals surface area contributed by atoms with Gasteiger partial charge in [0.1, 0.15) is 0 Å². The van der Waals surface area contributed by atoms with Crippen LogP contribution < -0.4 is 0 Å². The van der Waals surface area contributed by atoms with E-state index >= 15 is 0 Å². The Bertz CT molecular complexity index is 408. The SMILES string of the molecule is CCc1cccc(C2(O)CC(C)(C)CC2C)c1. The van der Waals surface area contributed by atoms with Gasteiger partial charge in [0.2, 0.25) is 0 Å². The molecule has 2 unspecified atom stereocenters. The van der Waals surface area contributed by atoms with Crippen LogP contribution in [-0.2, 0) is 12.0 Å². The molecule has 0 spiro atoms. The molecule has 1 saturated carbocycles. The topological polar surface area (TPSA) is 20.2 Å². The highest BCUT2D eigenvalue weighted by Gasteiger charge is 2.48. The number of hydrogen-bond donors (Lipinski definition) is 1. The van der Waals surface area contributed by atoms with E-state index in [1.165, 1.54) is 5.56 Å². The van der Waals surface area contributed by atoms with E-state index in [0.717, 1.165) is 24.8 Å². The Morgan fingerprint density at radius 3 is 2.59 bits per heavy atom. The smallest absolute Gasteiger partial charge is 0.0927 e. The van der Waals surface area contributed by atoms with Gasteiger partial charge in [0.05, 0.1) is 5.60 Å². The molecule has 0 amide bonds. The van der Waals surface area contributed by atoms with Crippen molar-refractivity contribution in [2.45, 2.75) is 52.6 Å². The normalized spacial score (nSPS) is 31.7. The maximum absolute atomic E-state index is 11.0. The molecule has 1 aromatic rings. The highest BCUT2D eigenvalue weighted by molar-refractivity contribution is 5.30. The average molecular weight is 232 g/mol. The van der Waals surface area contributed by atoms with E-state index in [0.29, 0.717) is 5.92 Å². The Balaban J connectivity index is 2.38. The lowest BCUT2D eigenvalue weighted by Crippen LogP contribution is -2.29. The summed E-state index contributed by atoms with van der Waals surface area (Å²) in [5, 5.41) is 11.0. The van der Waals surface area contributed by atoms with Crippen molar-refractivity contribution in [3.8, 4) is 0 Å². The van der Waals surface area contributed by atoms with Gasteiger partial charge in [0.25, 0.3) is 0 Å². The predicted molar refractivity (Wildman–Crippen MR) is 71.9 cm³/mol. The fourth-order valence-corrected chi connectivity index (χ4v) is 3.42. The van der Waals surface area contributed by atoms with Gasteiger partial charge in [-0.1, -0.05) is 52.0 Å². The predicted octanol–water partition coefficient (Wildman–Crippen LogP) is 3.89. The quantitative estimate of drug-likeness (QED) is 0.820. The Labute approximate surface area is 105 Å². The van der Waals surface area contributed by atoms with Crippen molar-refractivity contribution in [1.82, 2.24) is 0 Å². The van der Waals surface area contributed by atoms with Gasteiger partial charge in [-0.2, -0.15) is 0 Å². The molecular weight excluding hydrogens is 208 g/mol. The summed E-state index contributed by atoms with van der Waals surface area (Å²) in [7, 11) is 0. The van der Waals surface area contributed by atoms with Crippen molar-refractivity contribution in [3.63, 3.8) is 0 Å². The number of aliphatic hydroxyl groups is 1. The minimum Gasteiger partial charge on any atom is -0.385 e. The third-order valence-corrected chi connectivity index (χ3v) is 4.26. The molecule has 0 heterocycles. The zero-order valence-electron chi connectivity index (χ0n) is 11.5. The second-order valence-corrected chi connectivity index (χ2v) is 6.42. The van der Waals surface area contributed by atoms with Gasteiger partial charge in [-0.05, 0) is 41.7 Å². The molecule has 0 bridgehead atoms. The van der Waals surface area contributed by atoms with E-state index in [9.17, 15) is 5.11 Å². The van der Waals surface area contributed by atoms with Crippen LogP contribution in [0.2, 0.25) is 0 Å². The first-order valence-corrected chi connectivity index (χ1v) is 6.69. The lowest BCUT2D eigenvalue weighted by Gasteiger charge is -2.29. The van der Waals surface area contributed by atoms with Crippen LogP contribution in [0.3, 0.4) is 0 Å². The standard InChI is InChI=1S/C16H24O/c1-5-13-7-6-8-14(9-13)16(17)11-15(3,4)10-12(16)2/h6-9,12,17H,5,10-11H2,1-4H3. The summed E-state index contributed by atoms with van der Waals surface area (Å²) >= 11 is 0. The third kappa shape index (κ3) is 2.26. The van der Waals surface area contributed by atoms with E-state index in [-0.39, 0.29) is 5.41 Å². The summed E-state index contributed by atoms with van der Waals surface area (Å²) < 4.78 is 0. The van der Waals surface area contributed by atoms with E-state index in [2.05, 4.69) is 52.0 Å². The molecule has 1 nitrogen and oxygen atoms in total. The summed E-state index contributed by atoms with van der Waals surface area (Å²) in [4.78, 5) is 0. The molecule has 1 aliphatic carbocycles. The maximum Gasteiger partial charge on any atom is 0.0927 e. The fraction of sp³-hybridized carbons (Fsp3) is 0.625. The largest absolute Gasteiger partial charge is 0.385 e. The molecule has 1 heteroatoms. The number of aryl methyl sites for hydroxylation is 1. The van der Waals surface area contributed by atoms with Crippen LogP contribution in [0.1, 0.15) is 51.7 Å². The summed E-state index contributed by atoms with van der Waals surface area (Å²) in [6.45, 7) is 8.84. The first-order valence-electron chi connectivity index (χ1n) is 6.69. The first-order chi connectivity index (χ1) is 7.87. The summed E-state index contributed by atoms with van der Waals surface area (Å²) in [6.07, 6.45) is 3.00. The second-order valence-electron chi connectivity index (χ2n) is 6.42. The van der Waals surface area contributed by atoms with Crippen LogP contribution in [0, 0.1) is 11.3 Å². The van der Waals surface area contributed by atoms with Crippen LogP contribution in [0.5, 0.6) is 0 Å². The number of benzene rings is 1. The van der Waals surface area contributed by atoms with E-state index in [4.69, 9.17) is 0 Å². The lowest BCUT2D eigenvalue weighted by atomic mass is 9.83. The van der Waals surface area contributed by atoms with E-state index in [1.54, 1.807) is 0 Å². The van der Waals surface area contributed by atoms with Crippen LogP contribution in [0.15, 0.2) is 24.3 Å². The number of rotatable bonds is 2. The van der Waals surface area contributed by atoms with Crippen molar-refractivity contribution in [1.29, 1.82) is 0 Å². The van der Waals surface area contributed by atoms with Gasteiger partial charge in [-0.3, -0.25) is 0 Å². The minimum absolute atomic E-state index is 0.246. The van der Waals surface area contributed by atoms with Gasteiger partial charge in [0, 0.05) is 0 Å². The van der Waals surface area contributed by atoms with Crippen molar-refractivity contribution in [3.05, 3.63) is 35.4 Å². The Morgan fingerprint density at radius 1 is 1.35 bits per heavy atom. The molecule has 2 rings (SSSR count). The Kier molecular flexibility index (Phi) is 3.07. The lowest BCUT2D eigenvalue weighted by molar-refractivity contribution is -0.000902. The molecule has 0 saturated heterocycles. The van der Waals surface area contributed by atoms with Crippen molar-refractivity contribution < 1.29 is 5.11 Å².